The van der Waals surface area contributed by atoms with Gasteiger partial charge < -0.3 is 5.32 Å². The Morgan fingerprint density at radius 3 is 2.58 bits per heavy atom. The summed E-state index contributed by atoms with van der Waals surface area (Å²) in [6.45, 7) is 4.37. The van der Waals surface area contributed by atoms with Gasteiger partial charge in [0.25, 0.3) is 5.91 Å². The number of carbonyl (C=O) groups excluding carboxylic acids is 1. The summed E-state index contributed by atoms with van der Waals surface area (Å²) in [5, 5.41) is 7.08. The molecule has 26 heavy (non-hydrogen) atoms. The number of nitrogens with zero attached hydrogens (tertiary/aromatic N) is 2. The number of aromatic nitrogens is 2. The molecule has 1 N–H and O–H groups in total. The largest absolute Gasteiger partial charge is 0.321 e. The molecule has 0 aliphatic rings. The second-order valence-corrected chi connectivity index (χ2v) is 7.84. The number of hydrogen-bond donors (Lipinski definition) is 1. The molecule has 0 fully saturated rings. The predicted molar refractivity (Wildman–Crippen MR) is 109 cm³/mol. The molecule has 1 amide bonds. The predicted octanol–water partition coefficient (Wildman–Crippen LogP) is 5.60. The third-order valence-corrected chi connectivity index (χ3v) is 6.02. The highest BCUT2D eigenvalue weighted by Gasteiger charge is 2.17. The Kier molecular flexibility index (Phi) is 6.41. The zero-order valence-corrected chi connectivity index (χ0v) is 16.4. The van der Waals surface area contributed by atoms with Crippen molar-refractivity contribution in [2.45, 2.75) is 36.8 Å². The second-order valence-electron chi connectivity index (χ2n) is 6.04. The number of rotatable bonds is 7. The summed E-state index contributed by atoms with van der Waals surface area (Å²) >= 11 is 2.79. The molecule has 3 aromatic rings. The van der Waals surface area contributed by atoms with Gasteiger partial charge in [-0.15, -0.1) is 16.9 Å². The first-order chi connectivity index (χ1) is 12.7. The lowest BCUT2D eigenvalue weighted by Gasteiger charge is -2.10. The quantitative estimate of drug-likeness (QED) is 0.540. The SMILES string of the molecule is CCC(C)c1ccc(NC(=O)c2snnc2CSc2ccccc2)cc1. The van der Waals surface area contributed by atoms with Crippen LogP contribution in [0.2, 0.25) is 0 Å². The monoisotopic (exact) mass is 383 g/mol. The fraction of sp³-hybridized carbons (Fsp3) is 0.250. The highest BCUT2D eigenvalue weighted by Crippen LogP contribution is 2.25. The van der Waals surface area contributed by atoms with E-state index < -0.39 is 0 Å². The van der Waals surface area contributed by atoms with Crippen molar-refractivity contribution in [3.63, 3.8) is 0 Å². The van der Waals surface area contributed by atoms with Crippen LogP contribution in [0, 0.1) is 0 Å². The van der Waals surface area contributed by atoms with E-state index in [1.165, 1.54) is 5.56 Å². The number of thioether (sulfide) groups is 1. The van der Waals surface area contributed by atoms with Gasteiger partial charge >= 0.3 is 0 Å². The van der Waals surface area contributed by atoms with Crippen LogP contribution in [0.5, 0.6) is 0 Å². The third-order valence-electron chi connectivity index (χ3n) is 4.23. The maximum atomic E-state index is 12.6. The highest BCUT2D eigenvalue weighted by molar-refractivity contribution is 7.98. The van der Waals surface area contributed by atoms with E-state index in [4.69, 9.17) is 0 Å². The first-order valence-corrected chi connectivity index (χ1v) is 10.3. The number of amides is 1. The number of anilines is 1. The maximum Gasteiger partial charge on any atom is 0.269 e. The van der Waals surface area contributed by atoms with Crippen molar-refractivity contribution in [2.24, 2.45) is 0 Å². The van der Waals surface area contributed by atoms with Crippen molar-refractivity contribution in [1.29, 1.82) is 0 Å². The molecule has 0 saturated carbocycles. The van der Waals surface area contributed by atoms with Crippen LogP contribution in [0.4, 0.5) is 5.69 Å². The number of carbonyl (C=O) groups is 1. The lowest BCUT2D eigenvalue weighted by Crippen LogP contribution is -2.12. The van der Waals surface area contributed by atoms with Gasteiger partial charge in [-0.1, -0.05) is 48.7 Å². The van der Waals surface area contributed by atoms with Crippen LogP contribution in [-0.2, 0) is 5.75 Å². The number of hydrogen-bond acceptors (Lipinski definition) is 5. The standard InChI is InChI=1S/C20H21N3OS2/c1-3-14(2)15-9-11-16(12-10-15)21-20(24)19-18(22-23-26-19)13-25-17-7-5-4-6-8-17/h4-12,14H,3,13H2,1-2H3,(H,21,24). The molecular formula is C20H21N3OS2. The van der Waals surface area contributed by atoms with E-state index in [1.54, 1.807) is 11.8 Å². The van der Waals surface area contributed by atoms with Gasteiger partial charge in [0, 0.05) is 16.3 Å². The van der Waals surface area contributed by atoms with E-state index in [0.717, 1.165) is 34.2 Å². The Labute approximate surface area is 162 Å². The average Bonchev–Trinajstić information content (AvgIpc) is 3.16. The van der Waals surface area contributed by atoms with Gasteiger partial charge in [0.15, 0.2) is 0 Å². The van der Waals surface area contributed by atoms with Crippen LogP contribution in [0.1, 0.15) is 47.1 Å². The molecular weight excluding hydrogens is 362 g/mol. The van der Waals surface area contributed by atoms with E-state index in [2.05, 4.69) is 40.9 Å². The van der Waals surface area contributed by atoms with Gasteiger partial charge in [-0.25, -0.2) is 0 Å². The second kappa shape index (κ2) is 8.96. The van der Waals surface area contributed by atoms with Crippen LogP contribution >= 0.6 is 23.3 Å². The van der Waals surface area contributed by atoms with Crippen molar-refractivity contribution in [2.75, 3.05) is 5.32 Å². The van der Waals surface area contributed by atoms with Crippen molar-refractivity contribution in [1.82, 2.24) is 9.59 Å². The van der Waals surface area contributed by atoms with Gasteiger partial charge in [0.1, 0.15) is 4.88 Å². The molecule has 3 rings (SSSR count). The van der Waals surface area contributed by atoms with Crippen LogP contribution in [0.15, 0.2) is 59.5 Å². The van der Waals surface area contributed by atoms with Crippen LogP contribution < -0.4 is 5.32 Å². The molecule has 1 heterocycles. The van der Waals surface area contributed by atoms with E-state index >= 15 is 0 Å². The topological polar surface area (TPSA) is 54.9 Å². The molecule has 1 unspecified atom stereocenters. The molecule has 6 heteroatoms. The van der Waals surface area contributed by atoms with Crippen molar-refractivity contribution in [3.8, 4) is 0 Å². The first kappa shape index (κ1) is 18.6. The summed E-state index contributed by atoms with van der Waals surface area (Å²) in [5.41, 5.74) is 2.79. The zero-order chi connectivity index (χ0) is 18.4. The van der Waals surface area contributed by atoms with Crippen molar-refractivity contribution >= 4 is 34.9 Å². The van der Waals surface area contributed by atoms with E-state index in [0.29, 0.717) is 16.5 Å². The summed E-state index contributed by atoms with van der Waals surface area (Å²) in [4.78, 5) is 14.3. The smallest absolute Gasteiger partial charge is 0.269 e. The van der Waals surface area contributed by atoms with E-state index in [1.807, 2.05) is 42.5 Å². The summed E-state index contributed by atoms with van der Waals surface area (Å²) in [6.07, 6.45) is 1.10. The highest BCUT2D eigenvalue weighted by atomic mass is 32.2. The molecule has 0 spiro atoms. The molecule has 4 nitrogen and oxygen atoms in total. The summed E-state index contributed by atoms with van der Waals surface area (Å²) < 4.78 is 3.96. The van der Waals surface area contributed by atoms with E-state index in [9.17, 15) is 4.79 Å². The number of benzene rings is 2. The Morgan fingerprint density at radius 2 is 1.88 bits per heavy atom. The molecule has 0 radical (unpaired) electrons. The third kappa shape index (κ3) is 4.71. The van der Waals surface area contributed by atoms with Crippen LogP contribution in [0.25, 0.3) is 0 Å². The van der Waals surface area contributed by atoms with Gasteiger partial charge in [-0.2, -0.15) is 0 Å². The summed E-state index contributed by atoms with van der Waals surface area (Å²) in [6, 6.07) is 18.1. The van der Waals surface area contributed by atoms with Crippen molar-refractivity contribution in [3.05, 3.63) is 70.7 Å². The van der Waals surface area contributed by atoms with Crippen molar-refractivity contribution < 1.29 is 4.79 Å². The normalized spacial score (nSPS) is 11.9. The Bertz CT molecular complexity index is 847. The minimum atomic E-state index is -0.153. The minimum absolute atomic E-state index is 0.153. The first-order valence-electron chi connectivity index (χ1n) is 8.57. The number of nitrogens with one attached hydrogen (secondary N) is 1. The molecule has 0 bridgehead atoms. The molecule has 1 aromatic heterocycles. The van der Waals surface area contributed by atoms with Crippen LogP contribution in [0.3, 0.4) is 0 Å². The van der Waals surface area contributed by atoms with Gasteiger partial charge in [-0.05, 0) is 53.7 Å². The lowest BCUT2D eigenvalue weighted by molar-refractivity contribution is 0.102. The van der Waals surface area contributed by atoms with Gasteiger partial charge in [0.05, 0.1) is 5.69 Å². The van der Waals surface area contributed by atoms with E-state index in [-0.39, 0.29) is 5.91 Å². The minimum Gasteiger partial charge on any atom is -0.321 e. The average molecular weight is 384 g/mol. The fourth-order valence-corrected chi connectivity index (χ4v) is 3.98. The molecule has 0 aliphatic carbocycles. The Balaban J connectivity index is 1.64. The van der Waals surface area contributed by atoms with Crippen LogP contribution in [-0.4, -0.2) is 15.5 Å². The molecule has 134 valence electrons. The lowest BCUT2D eigenvalue weighted by atomic mass is 9.99. The maximum absolute atomic E-state index is 12.6. The van der Waals surface area contributed by atoms with Gasteiger partial charge in [-0.3, -0.25) is 4.79 Å². The molecule has 0 aliphatic heterocycles. The van der Waals surface area contributed by atoms with Gasteiger partial charge in [0.2, 0.25) is 0 Å². The fourth-order valence-electron chi connectivity index (χ4n) is 2.46. The summed E-state index contributed by atoms with van der Waals surface area (Å²) in [7, 11) is 0. The molecule has 0 saturated heterocycles. The summed E-state index contributed by atoms with van der Waals surface area (Å²) in [5.74, 6) is 0.989. The Morgan fingerprint density at radius 1 is 1.15 bits per heavy atom. The molecule has 1 atom stereocenters. The zero-order valence-electron chi connectivity index (χ0n) is 14.8. The Hall–Kier alpha value is -2.18. The molecule has 2 aromatic carbocycles.